The number of aliphatic carboxylic acids is 1. The molecule has 1 heterocycles. The maximum absolute atomic E-state index is 15.3. The van der Waals surface area contributed by atoms with Gasteiger partial charge in [-0.3, -0.25) is 4.79 Å². The Labute approximate surface area is 201 Å². The normalized spacial score (nSPS) is 36.2. The van der Waals surface area contributed by atoms with Crippen molar-refractivity contribution in [3.8, 4) is 5.75 Å². The maximum Gasteiger partial charge on any atom is 0.326 e. The number of ether oxygens (including phenoxy) is 1. The summed E-state index contributed by atoms with van der Waals surface area (Å²) in [5.74, 6) is 1.21. The molecule has 0 spiro atoms. The molecule has 0 radical (unpaired) electrons. The van der Waals surface area contributed by atoms with E-state index >= 15 is 4.39 Å². The van der Waals surface area contributed by atoms with Crippen LogP contribution < -0.4 is 4.74 Å². The Balaban J connectivity index is 1.24. The molecule has 1 aliphatic heterocycles. The van der Waals surface area contributed by atoms with E-state index in [9.17, 15) is 14.7 Å². The topological polar surface area (TPSA) is 66.8 Å². The van der Waals surface area contributed by atoms with Gasteiger partial charge in [0, 0.05) is 18.0 Å². The van der Waals surface area contributed by atoms with Gasteiger partial charge >= 0.3 is 5.97 Å². The molecule has 184 valence electrons. The van der Waals surface area contributed by atoms with Crippen molar-refractivity contribution in [1.29, 1.82) is 0 Å². The SMILES string of the molecule is CCC1CCN(C(=O)c2cc(C3CC3)c(OCC34CC5CC(CC(C5)C3)C4)cc2F)C1C(=O)O. The van der Waals surface area contributed by atoms with Crippen molar-refractivity contribution in [2.75, 3.05) is 13.2 Å². The van der Waals surface area contributed by atoms with Crippen molar-refractivity contribution in [1.82, 2.24) is 4.90 Å². The van der Waals surface area contributed by atoms with Crippen LogP contribution in [0.1, 0.15) is 93.0 Å². The molecule has 4 bridgehead atoms. The zero-order valence-electron chi connectivity index (χ0n) is 20.1. The van der Waals surface area contributed by atoms with E-state index in [0.717, 1.165) is 36.2 Å². The van der Waals surface area contributed by atoms with Crippen LogP contribution in [-0.2, 0) is 4.79 Å². The molecule has 1 saturated heterocycles. The van der Waals surface area contributed by atoms with Gasteiger partial charge in [0.05, 0.1) is 12.2 Å². The molecule has 34 heavy (non-hydrogen) atoms. The molecule has 5 nitrogen and oxygen atoms in total. The summed E-state index contributed by atoms with van der Waals surface area (Å²) >= 11 is 0. The average molecular weight is 470 g/mol. The molecule has 1 amide bonds. The van der Waals surface area contributed by atoms with Crippen molar-refractivity contribution in [2.24, 2.45) is 29.1 Å². The number of carbonyl (C=O) groups is 2. The van der Waals surface area contributed by atoms with Crippen LogP contribution in [0.25, 0.3) is 0 Å². The molecule has 2 unspecified atom stereocenters. The fraction of sp³-hybridized carbons (Fsp3) is 0.714. The van der Waals surface area contributed by atoms with Crippen LogP contribution in [0.4, 0.5) is 4.39 Å². The van der Waals surface area contributed by atoms with Crippen LogP contribution in [0.15, 0.2) is 12.1 Å². The van der Waals surface area contributed by atoms with E-state index < -0.39 is 23.7 Å². The molecule has 0 aromatic heterocycles. The molecule has 5 saturated carbocycles. The number of halogens is 1. The number of likely N-dealkylation sites (tertiary alicyclic amines) is 1. The number of nitrogens with zero attached hydrogens (tertiary/aromatic N) is 1. The lowest BCUT2D eigenvalue weighted by atomic mass is 9.50. The van der Waals surface area contributed by atoms with Gasteiger partial charge in [-0.25, -0.2) is 9.18 Å². The first-order valence-electron chi connectivity index (χ1n) is 13.4. The van der Waals surface area contributed by atoms with E-state index in [-0.39, 0.29) is 16.9 Å². The summed E-state index contributed by atoms with van der Waals surface area (Å²) in [6.45, 7) is 2.95. The maximum atomic E-state index is 15.3. The Morgan fingerprint density at radius 2 is 1.74 bits per heavy atom. The third kappa shape index (κ3) is 3.81. The Morgan fingerprint density at radius 3 is 2.29 bits per heavy atom. The second kappa shape index (κ2) is 8.23. The highest BCUT2D eigenvalue weighted by Gasteiger charge is 2.51. The fourth-order valence-electron chi connectivity index (χ4n) is 8.27. The largest absolute Gasteiger partial charge is 0.493 e. The van der Waals surface area contributed by atoms with Gasteiger partial charge in [-0.2, -0.15) is 0 Å². The van der Waals surface area contributed by atoms with Gasteiger partial charge in [0.2, 0.25) is 0 Å². The van der Waals surface area contributed by atoms with E-state index in [1.54, 1.807) is 6.07 Å². The predicted molar refractivity (Wildman–Crippen MR) is 125 cm³/mol. The van der Waals surface area contributed by atoms with Gasteiger partial charge in [-0.05, 0) is 99.0 Å². The summed E-state index contributed by atoms with van der Waals surface area (Å²) in [4.78, 5) is 26.6. The summed E-state index contributed by atoms with van der Waals surface area (Å²) in [5.41, 5.74) is 1.15. The fourth-order valence-corrected chi connectivity index (χ4v) is 8.27. The van der Waals surface area contributed by atoms with Crippen molar-refractivity contribution in [3.05, 3.63) is 29.1 Å². The summed E-state index contributed by atoms with van der Waals surface area (Å²) in [5, 5.41) is 9.73. The van der Waals surface area contributed by atoms with Crippen molar-refractivity contribution in [3.63, 3.8) is 0 Å². The first-order chi connectivity index (χ1) is 16.4. The second-order valence-electron chi connectivity index (χ2n) is 12.1. The molecule has 1 N–H and O–H groups in total. The summed E-state index contributed by atoms with van der Waals surface area (Å²) < 4.78 is 21.7. The quantitative estimate of drug-likeness (QED) is 0.563. The van der Waals surface area contributed by atoms with Crippen LogP contribution in [0, 0.1) is 34.9 Å². The first-order valence-corrected chi connectivity index (χ1v) is 13.4. The van der Waals surface area contributed by atoms with Gasteiger partial charge in [0.25, 0.3) is 5.91 Å². The molecule has 6 aliphatic rings. The Hall–Kier alpha value is -2.11. The zero-order valence-corrected chi connectivity index (χ0v) is 20.1. The summed E-state index contributed by atoms with van der Waals surface area (Å²) in [7, 11) is 0. The minimum atomic E-state index is -1.00. The number of rotatable bonds is 7. The van der Waals surface area contributed by atoms with Crippen LogP contribution in [0.5, 0.6) is 5.75 Å². The van der Waals surface area contributed by atoms with E-state index in [0.29, 0.717) is 37.7 Å². The molecule has 1 aromatic carbocycles. The Morgan fingerprint density at radius 1 is 1.09 bits per heavy atom. The third-order valence-corrected chi connectivity index (χ3v) is 9.61. The third-order valence-electron chi connectivity index (χ3n) is 9.61. The van der Waals surface area contributed by atoms with E-state index in [1.807, 2.05) is 6.92 Å². The first kappa shape index (κ1) is 22.4. The van der Waals surface area contributed by atoms with Gasteiger partial charge in [-0.15, -0.1) is 0 Å². The average Bonchev–Trinajstić information content (AvgIpc) is 3.53. The minimum absolute atomic E-state index is 0.00735. The highest BCUT2D eigenvalue weighted by Crippen LogP contribution is 2.60. The number of carboxylic acid groups (broad SMARTS) is 1. The number of hydrogen-bond donors (Lipinski definition) is 1. The highest BCUT2D eigenvalue weighted by atomic mass is 19.1. The molecule has 5 aliphatic carbocycles. The number of hydrogen-bond acceptors (Lipinski definition) is 3. The molecule has 6 fully saturated rings. The van der Waals surface area contributed by atoms with Crippen LogP contribution in [0.2, 0.25) is 0 Å². The summed E-state index contributed by atoms with van der Waals surface area (Å²) in [6.07, 6.45) is 11.2. The van der Waals surface area contributed by atoms with Gasteiger partial charge in [0.1, 0.15) is 17.6 Å². The number of carboxylic acids is 1. The number of benzene rings is 1. The smallest absolute Gasteiger partial charge is 0.326 e. The monoisotopic (exact) mass is 469 g/mol. The second-order valence-corrected chi connectivity index (χ2v) is 12.1. The molecule has 1 aromatic rings. The standard InChI is InChI=1S/C28H36FNO4/c1-2-19-5-6-30(25(19)27(32)33)26(31)22-10-21(20-3-4-20)24(11-23(22)29)34-15-28-12-16-7-17(13-28)9-18(8-16)14-28/h10-11,16-20,25H,2-9,12-15H2,1H3,(H,32,33). The van der Waals surface area contributed by atoms with E-state index in [1.165, 1.54) is 49.5 Å². The number of amides is 1. The molecular formula is C28H36FNO4. The van der Waals surface area contributed by atoms with Gasteiger partial charge in [0.15, 0.2) is 0 Å². The Bertz CT molecular complexity index is 967. The van der Waals surface area contributed by atoms with Crippen LogP contribution in [0.3, 0.4) is 0 Å². The van der Waals surface area contributed by atoms with Gasteiger partial charge in [-0.1, -0.05) is 13.3 Å². The van der Waals surface area contributed by atoms with Crippen LogP contribution in [-0.4, -0.2) is 41.1 Å². The molecule has 6 heteroatoms. The zero-order chi connectivity index (χ0) is 23.6. The van der Waals surface area contributed by atoms with Crippen molar-refractivity contribution >= 4 is 11.9 Å². The highest BCUT2D eigenvalue weighted by molar-refractivity contribution is 5.97. The molecular weight excluding hydrogens is 433 g/mol. The lowest BCUT2D eigenvalue weighted by Gasteiger charge is -2.56. The van der Waals surface area contributed by atoms with E-state index in [2.05, 4.69) is 0 Å². The van der Waals surface area contributed by atoms with E-state index in [4.69, 9.17) is 4.74 Å². The van der Waals surface area contributed by atoms with Crippen molar-refractivity contribution < 1.29 is 23.8 Å². The summed E-state index contributed by atoms with van der Waals surface area (Å²) in [6, 6.07) is 2.20. The predicted octanol–water partition coefficient (Wildman–Crippen LogP) is 5.62. The van der Waals surface area contributed by atoms with Gasteiger partial charge < -0.3 is 14.7 Å². The minimum Gasteiger partial charge on any atom is -0.493 e. The Kier molecular flexibility index (Phi) is 5.42. The lowest BCUT2D eigenvalue weighted by Crippen LogP contribution is -2.48. The van der Waals surface area contributed by atoms with Crippen LogP contribution >= 0.6 is 0 Å². The number of carbonyl (C=O) groups excluding carboxylic acids is 1. The lowest BCUT2D eigenvalue weighted by molar-refractivity contribution is -0.142. The molecule has 7 rings (SSSR count). The van der Waals surface area contributed by atoms with Crippen molar-refractivity contribution in [2.45, 2.75) is 83.1 Å². The molecule has 2 atom stereocenters.